The van der Waals surface area contributed by atoms with Crippen LogP contribution in [0.1, 0.15) is 64.5 Å². The van der Waals surface area contributed by atoms with Crippen LogP contribution in [-0.2, 0) is 32.2 Å². The van der Waals surface area contributed by atoms with Crippen LogP contribution in [-0.4, -0.2) is 50.8 Å². The molecule has 0 heterocycles. The molecule has 0 aliphatic heterocycles. The van der Waals surface area contributed by atoms with Crippen molar-refractivity contribution >= 4 is 27.7 Å². The van der Waals surface area contributed by atoms with Gasteiger partial charge in [0.1, 0.15) is 17.6 Å². The van der Waals surface area contributed by atoms with Crippen molar-refractivity contribution in [3.63, 3.8) is 0 Å². The minimum atomic E-state index is -0.670. The second kappa shape index (κ2) is 19.7. The molecule has 2 amide bonds. The number of rotatable bonds is 20. The summed E-state index contributed by atoms with van der Waals surface area (Å²) in [4.78, 5) is 26.5. The Morgan fingerprint density at radius 3 is 2.35 bits per heavy atom. The van der Waals surface area contributed by atoms with Gasteiger partial charge in [0, 0.05) is 38.6 Å². The fourth-order valence-electron chi connectivity index (χ4n) is 4.57. The fraction of sp³-hybridized carbons (Fsp3) is 0.576. The molecule has 240 valence electrons. The minimum absolute atomic E-state index is 0.0597. The summed E-state index contributed by atoms with van der Waals surface area (Å²) in [5.74, 6) is -0.272. The van der Waals surface area contributed by atoms with E-state index in [4.69, 9.17) is 19.9 Å². The number of ether oxygens (including phenoxy) is 3. The van der Waals surface area contributed by atoms with Crippen molar-refractivity contribution in [2.24, 2.45) is 23.5 Å². The summed E-state index contributed by atoms with van der Waals surface area (Å²) in [6.45, 7) is 10.1. The Hall–Kier alpha value is -2.53. The highest BCUT2D eigenvalue weighted by Gasteiger charge is 2.30. The maximum absolute atomic E-state index is 13.4. The van der Waals surface area contributed by atoms with Gasteiger partial charge in [0.15, 0.2) is 0 Å². The van der Waals surface area contributed by atoms with Crippen molar-refractivity contribution < 1.29 is 28.2 Å². The molecule has 0 saturated heterocycles. The van der Waals surface area contributed by atoms with Crippen LogP contribution in [0.5, 0.6) is 5.75 Å². The summed E-state index contributed by atoms with van der Waals surface area (Å²) in [7, 11) is 1.67. The van der Waals surface area contributed by atoms with Crippen LogP contribution in [0.15, 0.2) is 46.9 Å². The molecule has 0 spiro atoms. The lowest BCUT2D eigenvalue weighted by Crippen LogP contribution is -2.52. The van der Waals surface area contributed by atoms with E-state index in [0.29, 0.717) is 39.3 Å². The summed E-state index contributed by atoms with van der Waals surface area (Å²) in [6.07, 6.45) is 2.71. The monoisotopic (exact) mass is 665 g/mol. The van der Waals surface area contributed by atoms with Crippen LogP contribution in [0.3, 0.4) is 0 Å². The maximum atomic E-state index is 13.4. The second-order valence-electron chi connectivity index (χ2n) is 11.4. The maximum Gasteiger partial charge on any atom is 0.243 e. The number of benzene rings is 2. The van der Waals surface area contributed by atoms with E-state index in [1.807, 2.05) is 45.9 Å². The molecule has 2 aromatic rings. The molecule has 0 aliphatic rings. The van der Waals surface area contributed by atoms with Gasteiger partial charge in [-0.2, -0.15) is 0 Å². The van der Waals surface area contributed by atoms with E-state index in [1.54, 1.807) is 19.2 Å². The molecule has 4 atom stereocenters. The number of carbonyl (C=O) groups excluding carboxylic acids is 2. The van der Waals surface area contributed by atoms with E-state index < -0.39 is 6.04 Å². The second-order valence-corrected chi connectivity index (χ2v) is 12.2. The Kier molecular flexibility index (Phi) is 16.8. The first kappa shape index (κ1) is 36.7. The first-order valence-electron chi connectivity index (χ1n) is 15.1. The summed E-state index contributed by atoms with van der Waals surface area (Å²) < 4.78 is 30.9. The number of amides is 2. The Labute approximate surface area is 264 Å². The summed E-state index contributed by atoms with van der Waals surface area (Å²) >= 11 is 3.52. The average Bonchev–Trinajstić information content (AvgIpc) is 2.98. The number of nitrogens with one attached hydrogen (secondary N) is 2. The molecule has 0 radical (unpaired) electrons. The van der Waals surface area contributed by atoms with Crippen LogP contribution in [0.2, 0.25) is 0 Å². The normalized spacial score (nSPS) is 14.2. The van der Waals surface area contributed by atoms with Gasteiger partial charge in [0.25, 0.3) is 0 Å². The standard InChI is InChI=1S/C33H49BrFN3O5/c1-6-23(4)31(33(40)37-19-24-8-11-26(35)12-9-24)38-32(39)28(22(2)3)14-13-27(36)21-42-20-25-10-15-29(34)30(18-25)43-17-7-16-41-5/h8-12,15,18,22-23,27-28,31H,6-7,13-14,16-17,19-21,36H2,1-5H3,(H,37,40)(H,38,39)/t23?,27?,28-,31?/m0/s1. The van der Waals surface area contributed by atoms with E-state index in [1.165, 1.54) is 12.1 Å². The molecule has 43 heavy (non-hydrogen) atoms. The van der Waals surface area contributed by atoms with Gasteiger partial charge in [-0.15, -0.1) is 0 Å². The third-order valence-electron chi connectivity index (χ3n) is 7.51. The zero-order valence-corrected chi connectivity index (χ0v) is 27.8. The van der Waals surface area contributed by atoms with E-state index in [9.17, 15) is 14.0 Å². The fourth-order valence-corrected chi connectivity index (χ4v) is 4.93. The van der Waals surface area contributed by atoms with Gasteiger partial charge in [-0.05, 0) is 76.0 Å². The first-order valence-corrected chi connectivity index (χ1v) is 15.9. The van der Waals surface area contributed by atoms with Gasteiger partial charge in [-0.25, -0.2) is 4.39 Å². The molecule has 2 rings (SSSR count). The molecule has 0 aromatic heterocycles. The molecule has 3 unspecified atom stereocenters. The summed E-state index contributed by atoms with van der Waals surface area (Å²) in [6, 6.07) is 10.9. The van der Waals surface area contributed by atoms with Crippen LogP contribution in [0, 0.1) is 23.6 Å². The van der Waals surface area contributed by atoms with Crippen LogP contribution in [0.25, 0.3) is 0 Å². The zero-order valence-electron chi connectivity index (χ0n) is 26.2. The Balaban J connectivity index is 1.86. The highest BCUT2D eigenvalue weighted by molar-refractivity contribution is 9.10. The van der Waals surface area contributed by atoms with E-state index in [2.05, 4.69) is 26.6 Å². The average molecular weight is 667 g/mol. The van der Waals surface area contributed by atoms with Gasteiger partial charge in [-0.1, -0.05) is 52.3 Å². The third kappa shape index (κ3) is 13.3. The van der Waals surface area contributed by atoms with Gasteiger partial charge >= 0.3 is 0 Å². The van der Waals surface area contributed by atoms with Crippen molar-refractivity contribution in [1.82, 2.24) is 10.6 Å². The molecule has 10 heteroatoms. The quantitative estimate of drug-likeness (QED) is 0.155. The van der Waals surface area contributed by atoms with Crippen LogP contribution >= 0.6 is 15.9 Å². The molecular formula is C33H49BrFN3O5. The molecule has 0 bridgehead atoms. The van der Waals surface area contributed by atoms with Crippen molar-refractivity contribution in [1.29, 1.82) is 0 Å². The van der Waals surface area contributed by atoms with E-state index in [0.717, 1.165) is 34.2 Å². The van der Waals surface area contributed by atoms with E-state index >= 15 is 0 Å². The zero-order chi connectivity index (χ0) is 31.8. The molecule has 8 nitrogen and oxygen atoms in total. The third-order valence-corrected chi connectivity index (χ3v) is 8.16. The number of hydrogen-bond acceptors (Lipinski definition) is 6. The lowest BCUT2D eigenvalue weighted by Gasteiger charge is -2.28. The summed E-state index contributed by atoms with van der Waals surface area (Å²) in [5.41, 5.74) is 8.13. The SMILES string of the molecule is CCC(C)C(NC(=O)[C@@H](CCC(N)COCc1ccc(Br)c(OCCCOC)c1)C(C)C)C(=O)NCc1ccc(F)cc1. The van der Waals surface area contributed by atoms with Crippen molar-refractivity contribution in [3.8, 4) is 5.75 Å². The van der Waals surface area contributed by atoms with Crippen LogP contribution < -0.4 is 21.1 Å². The lowest BCUT2D eigenvalue weighted by molar-refractivity contribution is -0.133. The lowest BCUT2D eigenvalue weighted by atomic mass is 9.88. The number of methoxy groups -OCH3 is 1. The van der Waals surface area contributed by atoms with E-state index in [-0.39, 0.29) is 48.0 Å². The molecule has 4 N–H and O–H groups in total. The Bertz CT molecular complexity index is 1120. The van der Waals surface area contributed by atoms with Crippen molar-refractivity contribution in [2.45, 2.75) is 78.6 Å². The van der Waals surface area contributed by atoms with Gasteiger partial charge < -0.3 is 30.6 Å². The Morgan fingerprint density at radius 1 is 1.00 bits per heavy atom. The highest BCUT2D eigenvalue weighted by Crippen LogP contribution is 2.27. The van der Waals surface area contributed by atoms with Crippen molar-refractivity contribution in [2.75, 3.05) is 26.9 Å². The number of hydrogen-bond donors (Lipinski definition) is 3. The minimum Gasteiger partial charge on any atom is -0.492 e. The molecular weight excluding hydrogens is 617 g/mol. The topological polar surface area (TPSA) is 112 Å². The van der Waals surface area contributed by atoms with Gasteiger partial charge in [0.05, 0.1) is 24.3 Å². The molecule has 0 fully saturated rings. The first-order chi connectivity index (χ1) is 20.5. The van der Waals surface area contributed by atoms with Gasteiger partial charge in [0.2, 0.25) is 11.8 Å². The van der Waals surface area contributed by atoms with Crippen molar-refractivity contribution in [3.05, 3.63) is 63.9 Å². The van der Waals surface area contributed by atoms with Gasteiger partial charge in [-0.3, -0.25) is 9.59 Å². The Morgan fingerprint density at radius 2 is 1.70 bits per heavy atom. The number of halogens is 2. The number of nitrogens with two attached hydrogens (primary N) is 1. The predicted octanol–water partition coefficient (Wildman–Crippen LogP) is 5.75. The van der Waals surface area contributed by atoms with Crippen LogP contribution in [0.4, 0.5) is 4.39 Å². The predicted molar refractivity (Wildman–Crippen MR) is 171 cm³/mol. The molecule has 2 aromatic carbocycles. The smallest absolute Gasteiger partial charge is 0.243 e. The number of carbonyl (C=O) groups is 2. The largest absolute Gasteiger partial charge is 0.492 e. The molecule has 0 saturated carbocycles. The highest BCUT2D eigenvalue weighted by atomic mass is 79.9. The summed E-state index contributed by atoms with van der Waals surface area (Å²) in [5, 5.41) is 5.90. The molecule has 0 aliphatic carbocycles.